The van der Waals surface area contributed by atoms with Crippen molar-refractivity contribution in [3.05, 3.63) is 88.6 Å². The standard InChI is InChI=1S/C39H42ClFN6O3/c40-32-11-4-9-27-10-5-12-34(35(27)32)44-18-15-31-33(23-44)42-37(50-25-39-16-6-17-46(39)20-28(41)19-39)43-36(31)45-21-29-13-14-30(22-45)47(29)38(48)49-24-26-7-2-1-3-8-26/h1-5,7-12,28-30H,6,13-25H2/t28-,29?,30?,39+/m0/s1. The lowest BCUT2D eigenvalue weighted by molar-refractivity contribution is 0.0732. The van der Waals surface area contributed by atoms with E-state index in [1.807, 2.05) is 47.4 Å². The number of hydrogen-bond donors (Lipinski definition) is 0. The van der Waals surface area contributed by atoms with Gasteiger partial charge in [0.15, 0.2) is 0 Å². The summed E-state index contributed by atoms with van der Waals surface area (Å²) in [5, 5.41) is 2.88. The molecule has 0 saturated carbocycles. The molecule has 4 aromatic rings. The van der Waals surface area contributed by atoms with Crippen LogP contribution < -0.4 is 14.5 Å². The summed E-state index contributed by atoms with van der Waals surface area (Å²) < 4.78 is 26.9. The second-order valence-corrected chi connectivity index (χ2v) is 15.1. The number of alkyl halides is 1. The van der Waals surface area contributed by atoms with Gasteiger partial charge in [0.2, 0.25) is 0 Å². The summed E-state index contributed by atoms with van der Waals surface area (Å²) in [4.78, 5) is 32.4. The molecule has 9 rings (SSSR count). The quantitative estimate of drug-likeness (QED) is 0.209. The Labute approximate surface area is 296 Å². The summed E-state index contributed by atoms with van der Waals surface area (Å²) in [5.41, 5.74) is 3.84. The highest BCUT2D eigenvalue weighted by atomic mass is 35.5. The summed E-state index contributed by atoms with van der Waals surface area (Å²) in [6.07, 6.45) is 4.01. The highest BCUT2D eigenvalue weighted by Crippen LogP contribution is 2.42. The average molecular weight is 697 g/mol. The molecule has 1 aromatic heterocycles. The Balaban J connectivity index is 1.00. The van der Waals surface area contributed by atoms with Crippen LogP contribution in [-0.4, -0.2) is 89.0 Å². The predicted molar refractivity (Wildman–Crippen MR) is 192 cm³/mol. The van der Waals surface area contributed by atoms with Gasteiger partial charge in [-0.1, -0.05) is 66.2 Å². The van der Waals surface area contributed by atoms with Gasteiger partial charge >= 0.3 is 12.1 Å². The maximum atomic E-state index is 14.6. The minimum absolute atomic E-state index is 0.0378. The number of benzene rings is 3. The van der Waals surface area contributed by atoms with Gasteiger partial charge in [0.25, 0.3) is 0 Å². The van der Waals surface area contributed by atoms with E-state index in [2.05, 4.69) is 39.0 Å². The molecule has 11 heteroatoms. The molecule has 2 bridgehead atoms. The smallest absolute Gasteiger partial charge is 0.410 e. The number of hydrogen-bond acceptors (Lipinski definition) is 8. The fourth-order valence-electron chi connectivity index (χ4n) is 9.28. The van der Waals surface area contributed by atoms with Crippen molar-refractivity contribution in [1.82, 2.24) is 19.8 Å². The van der Waals surface area contributed by atoms with Crippen LogP contribution in [0.3, 0.4) is 0 Å². The zero-order chi connectivity index (χ0) is 33.8. The lowest BCUT2D eigenvalue weighted by Crippen LogP contribution is -2.56. The molecule has 0 radical (unpaired) electrons. The van der Waals surface area contributed by atoms with Crippen LogP contribution in [0, 0.1) is 0 Å². The van der Waals surface area contributed by atoms with E-state index in [0.29, 0.717) is 45.2 Å². The molecule has 9 nitrogen and oxygen atoms in total. The number of anilines is 2. The molecule has 4 fully saturated rings. The lowest BCUT2D eigenvalue weighted by atomic mass is 9.95. The highest BCUT2D eigenvalue weighted by Gasteiger charge is 2.50. The molecule has 0 aliphatic carbocycles. The summed E-state index contributed by atoms with van der Waals surface area (Å²) in [5.74, 6) is 0.894. The van der Waals surface area contributed by atoms with Gasteiger partial charge in [0, 0.05) is 49.2 Å². The van der Waals surface area contributed by atoms with Crippen molar-refractivity contribution in [3.63, 3.8) is 0 Å². The number of amides is 1. The Hall–Kier alpha value is -4.15. The third-order valence-corrected chi connectivity index (χ3v) is 11.9. The number of rotatable bonds is 7. The second kappa shape index (κ2) is 12.9. The lowest BCUT2D eigenvalue weighted by Gasteiger charge is -2.42. The number of nitrogens with zero attached hydrogens (tertiary/aromatic N) is 6. The van der Waals surface area contributed by atoms with Crippen molar-refractivity contribution in [3.8, 4) is 6.01 Å². The van der Waals surface area contributed by atoms with E-state index in [1.165, 1.54) is 0 Å². The third-order valence-electron chi connectivity index (χ3n) is 11.6. The van der Waals surface area contributed by atoms with Crippen LogP contribution in [0.4, 0.5) is 20.7 Å². The molecule has 3 aromatic carbocycles. The maximum Gasteiger partial charge on any atom is 0.410 e. The third kappa shape index (κ3) is 5.70. The Morgan fingerprint density at radius 2 is 1.74 bits per heavy atom. The first-order valence-corrected chi connectivity index (χ1v) is 18.4. The number of piperazine rings is 1. The Morgan fingerprint density at radius 3 is 2.56 bits per heavy atom. The largest absolute Gasteiger partial charge is 0.461 e. The van der Waals surface area contributed by atoms with Gasteiger partial charge in [-0.15, -0.1) is 0 Å². The molecular formula is C39H42ClFN6O3. The molecule has 260 valence electrons. The summed E-state index contributed by atoms with van der Waals surface area (Å²) in [7, 11) is 0. The van der Waals surface area contributed by atoms with Gasteiger partial charge in [-0.2, -0.15) is 9.97 Å². The predicted octanol–water partition coefficient (Wildman–Crippen LogP) is 6.79. The molecule has 0 N–H and O–H groups in total. The molecule has 5 aliphatic rings. The molecule has 2 unspecified atom stereocenters. The van der Waals surface area contributed by atoms with Crippen LogP contribution in [0.5, 0.6) is 6.01 Å². The molecule has 4 saturated heterocycles. The fraction of sp³-hybridized carbons (Fsp3) is 0.462. The maximum absolute atomic E-state index is 14.6. The van der Waals surface area contributed by atoms with Crippen molar-refractivity contribution in [2.24, 2.45) is 0 Å². The van der Waals surface area contributed by atoms with Crippen LogP contribution in [0.25, 0.3) is 10.8 Å². The van der Waals surface area contributed by atoms with E-state index in [9.17, 15) is 9.18 Å². The first-order valence-electron chi connectivity index (χ1n) is 18.0. The number of fused-ring (bicyclic) bond motifs is 5. The minimum atomic E-state index is -0.828. The second-order valence-electron chi connectivity index (χ2n) is 14.6. The Kier molecular flexibility index (Phi) is 8.19. The first-order chi connectivity index (χ1) is 24.4. The molecule has 50 heavy (non-hydrogen) atoms. The van der Waals surface area contributed by atoms with Gasteiger partial charge in [0.1, 0.15) is 25.2 Å². The number of carbonyl (C=O) groups is 1. The number of halogens is 2. The Bertz CT molecular complexity index is 1900. The zero-order valence-electron chi connectivity index (χ0n) is 28.1. The van der Waals surface area contributed by atoms with Crippen molar-refractivity contribution >= 4 is 40.0 Å². The normalized spacial score (nSPS) is 26.0. The van der Waals surface area contributed by atoms with E-state index in [0.717, 1.165) is 89.3 Å². The summed E-state index contributed by atoms with van der Waals surface area (Å²) in [6.45, 7) is 4.75. The summed E-state index contributed by atoms with van der Waals surface area (Å²) >= 11 is 6.76. The van der Waals surface area contributed by atoms with Gasteiger partial charge < -0.3 is 19.3 Å². The topological polar surface area (TPSA) is 74.3 Å². The SMILES string of the molecule is O=C(OCc1ccccc1)N1C2CCC1CN(c1nc(OC[C@]34CCCN3C[C@@H](F)C4)nc3c1CCN(c1cccc4cccc(Cl)c14)C3)C2. The van der Waals surface area contributed by atoms with Gasteiger partial charge in [-0.25, -0.2) is 9.18 Å². The van der Waals surface area contributed by atoms with Crippen molar-refractivity contribution in [1.29, 1.82) is 0 Å². The van der Waals surface area contributed by atoms with Crippen LogP contribution in [0.2, 0.25) is 5.02 Å². The molecule has 5 aliphatic heterocycles. The highest BCUT2D eigenvalue weighted by molar-refractivity contribution is 6.36. The van der Waals surface area contributed by atoms with Crippen LogP contribution in [0.1, 0.15) is 48.9 Å². The average Bonchev–Trinajstić information content (AvgIpc) is 3.76. The van der Waals surface area contributed by atoms with Crippen LogP contribution in [-0.2, 0) is 24.3 Å². The molecular weight excluding hydrogens is 655 g/mol. The monoisotopic (exact) mass is 696 g/mol. The molecule has 6 heterocycles. The Morgan fingerprint density at radius 1 is 0.940 bits per heavy atom. The van der Waals surface area contributed by atoms with E-state index in [1.54, 1.807) is 0 Å². The zero-order valence-corrected chi connectivity index (χ0v) is 28.9. The van der Waals surface area contributed by atoms with Gasteiger partial charge in [0.05, 0.1) is 34.9 Å². The first kappa shape index (κ1) is 31.8. The molecule has 4 atom stereocenters. The van der Waals surface area contributed by atoms with Gasteiger partial charge in [-0.3, -0.25) is 9.80 Å². The fourth-order valence-corrected chi connectivity index (χ4v) is 9.55. The van der Waals surface area contributed by atoms with E-state index in [-0.39, 0.29) is 30.3 Å². The van der Waals surface area contributed by atoms with Crippen molar-refractivity contribution < 1.29 is 18.7 Å². The minimum Gasteiger partial charge on any atom is -0.461 e. The van der Waals surface area contributed by atoms with Crippen LogP contribution in [0.15, 0.2) is 66.7 Å². The van der Waals surface area contributed by atoms with E-state index < -0.39 is 6.17 Å². The van der Waals surface area contributed by atoms with Crippen LogP contribution >= 0.6 is 11.6 Å². The molecule has 0 spiro atoms. The van der Waals surface area contributed by atoms with E-state index in [4.69, 9.17) is 31.0 Å². The summed E-state index contributed by atoms with van der Waals surface area (Å²) in [6, 6.07) is 22.6. The molecule has 1 amide bonds. The number of ether oxygens (including phenoxy) is 2. The van der Waals surface area contributed by atoms with Crippen molar-refractivity contribution in [2.45, 2.75) is 75.5 Å². The van der Waals surface area contributed by atoms with Crippen molar-refractivity contribution in [2.75, 3.05) is 49.1 Å². The van der Waals surface area contributed by atoms with E-state index >= 15 is 0 Å². The number of carbonyl (C=O) groups excluding carboxylic acids is 1. The number of aromatic nitrogens is 2. The van der Waals surface area contributed by atoms with Gasteiger partial charge in [-0.05, 0) is 61.7 Å².